The number of amides is 2. The minimum absolute atomic E-state index is 0.0403. The molecule has 0 aliphatic carbocycles. The molecule has 6 nitrogen and oxygen atoms in total. The van der Waals surface area contributed by atoms with Crippen molar-refractivity contribution >= 4 is 12.0 Å². The molecule has 104 valence electrons. The topological polar surface area (TPSA) is 78.9 Å². The summed E-state index contributed by atoms with van der Waals surface area (Å²) >= 11 is 0. The Bertz CT molecular complexity index is 300. The summed E-state index contributed by atoms with van der Waals surface area (Å²) in [4.78, 5) is 24.5. The van der Waals surface area contributed by atoms with E-state index in [0.717, 1.165) is 6.42 Å². The number of hydrogen-bond acceptors (Lipinski definition) is 3. The number of likely N-dealkylation sites (N-methyl/N-ethyl adjacent to an activating group) is 1. The summed E-state index contributed by atoms with van der Waals surface area (Å²) < 4.78 is 5.21. The van der Waals surface area contributed by atoms with Gasteiger partial charge in [-0.1, -0.05) is 13.8 Å². The molecule has 0 saturated carbocycles. The highest BCUT2D eigenvalue weighted by atomic mass is 16.5. The summed E-state index contributed by atoms with van der Waals surface area (Å²) in [5, 5.41) is 11.6. The molecule has 6 heteroatoms. The van der Waals surface area contributed by atoms with Crippen molar-refractivity contribution < 1.29 is 19.4 Å². The quantitative estimate of drug-likeness (QED) is 0.768. The number of carboxylic acids is 1. The fraction of sp³-hybridized carbons (Fsp3) is 0.833. The second-order valence-corrected chi connectivity index (χ2v) is 5.10. The smallest absolute Gasteiger partial charge is 0.326 e. The first kappa shape index (κ1) is 14.8. The SMILES string of the molecule is CC(C)C[C@@H](NC(=O)N(C)C1CCOC1)C(=O)O. The number of nitrogens with zero attached hydrogens (tertiary/aromatic N) is 1. The number of ether oxygens (including phenoxy) is 1. The standard InChI is InChI=1S/C12H22N2O4/c1-8(2)6-10(11(15)16)13-12(17)14(3)9-4-5-18-7-9/h8-10H,4-7H2,1-3H3,(H,13,17)(H,15,16)/t9?,10-/m1/s1. The highest BCUT2D eigenvalue weighted by molar-refractivity contribution is 5.82. The van der Waals surface area contributed by atoms with Gasteiger partial charge in [0.2, 0.25) is 0 Å². The number of nitrogens with one attached hydrogen (secondary N) is 1. The summed E-state index contributed by atoms with van der Waals surface area (Å²) in [6.45, 7) is 5.02. The molecule has 18 heavy (non-hydrogen) atoms. The Balaban J connectivity index is 2.51. The van der Waals surface area contributed by atoms with Crippen LogP contribution in [0.15, 0.2) is 0 Å². The molecular formula is C12H22N2O4. The molecule has 1 fully saturated rings. The van der Waals surface area contributed by atoms with Gasteiger partial charge >= 0.3 is 12.0 Å². The van der Waals surface area contributed by atoms with Crippen molar-refractivity contribution in [3.63, 3.8) is 0 Å². The molecule has 1 unspecified atom stereocenters. The molecular weight excluding hydrogens is 236 g/mol. The fourth-order valence-electron chi connectivity index (χ4n) is 1.94. The maximum atomic E-state index is 11.9. The van der Waals surface area contributed by atoms with Gasteiger partial charge in [-0.3, -0.25) is 0 Å². The fourth-order valence-corrected chi connectivity index (χ4v) is 1.94. The van der Waals surface area contributed by atoms with E-state index in [0.29, 0.717) is 19.6 Å². The van der Waals surface area contributed by atoms with Crippen LogP contribution in [-0.2, 0) is 9.53 Å². The summed E-state index contributed by atoms with van der Waals surface area (Å²) in [5.74, 6) is -0.778. The van der Waals surface area contributed by atoms with Crippen molar-refractivity contribution in [2.75, 3.05) is 20.3 Å². The maximum absolute atomic E-state index is 11.9. The largest absolute Gasteiger partial charge is 0.480 e. The van der Waals surface area contributed by atoms with Gasteiger partial charge in [0.05, 0.1) is 12.6 Å². The molecule has 0 aromatic carbocycles. The summed E-state index contributed by atoms with van der Waals surface area (Å²) in [6, 6.07) is -1.14. The molecule has 0 aromatic rings. The van der Waals surface area contributed by atoms with Crippen LogP contribution in [0.25, 0.3) is 0 Å². The first-order valence-electron chi connectivity index (χ1n) is 6.25. The van der Waals surface area contributed by atoms with E-state index in [1.807, 2.05) is 13.8 Å². The lowest BCUT2D eigenvalue weighted by molar-refractivity contribution is -0.139. The van der Waals surface area contributed by atoms with E-state index in [1.165, 1.54) is 4.90 Å². The predicted octanol–water partition coefficient (Wildman–Crippen LogP) is 0.916. The van der Waals surface area contributed by atoms with E-state index in [1.54, 1.807) is 7.05 Å². The summed E-state index contributed by atoms with van der Waals surface area (Å²) in [5.41, 5.74) is 0. The van der Waals surface area contributed by atoms with Gasteiger partial charge in [0, 0.05) is 13.7 Å². The summed E-state index contributed by atoms with van der Waals surface area (Å²) in [6.07, 6.45) is 1.22. The number of carbonyl (C=O) groups is 2. The van der Waals surface area contributed by atoms with Gasteiger partial charge < -0.3 is 20.1 Å². The molecule has 2 atom stereocenters. The van der Waals surface area contributed by atoms with Gasteiger partial charge in [-0.25, -0.2) is 9.59 Å². The Morgan fingerprint density at radius 3 is 2.61 bits per heavy atom. The normalized spacial score (nSPS) is 20.8. The molecule has 0 aromatic heterocycles. The zero-order chi connectivity index (χ0) is 13.7. The van der Waals surface area contributed by atoms with E-state index >= 15 is 0 Å². The minimum atomic E-state index is -0.992. The Morgan fingerprint density at radius 1 is 1.50 bits per heavy atom. The van der Waals surface area contributed by atoms with Crippen LogP contribution in [0.1, 0.15) is 26.7 Å². The lowest BCUT2D eigenvalue weighted by Gasteiger charge is -2.26. The Hall–Kier alpha value is -1.30. The van der Waals surface area contributed by atoms with E-state index in [4.69, 9.17) is 9.84 Å². The molecule has 0 radical (unpaired) electrons. The second-order valence-electron chi connectivity index (χ2n) is 5.10. The van der Waals surface area contributed by atoms with Crippen molar-refractivity contribution in [2.45, 2.75) is 38.8 Å². The van der Waals surface area contributed by atoms with Crippen molar-refractivity contribution in [2.24, 2.45) is 5.92 Å². The molecule has 1 aliphatic heterocycles. The van der Waals surface area contributed by atoms with E-state index < -0.39 is 12.0 Å². The van der Waals surface area contributed by atoms with Crippen LogP contribution >= 0.6 is 0 Å². The van der Waals surface area contributed by atoms with Gasteiger partial charge in [0.25, 0.3) is 0 Å². The molecule has 2 N–H and O–H groups in total. The molecule has 0 bridgehead atoms. The minimum Gasteiger partial charge on any atom is -0.480 e. The molecule has 1 heterocycles. The summed E-state index contributed by atoms with van der Waals surface area (Å²) in [7, 11) is 1.67. The zero-order valence-corrected chi connectivity index (χ0v) is 11.2. The van der Waals surface area contributed by atoms with Crippen LogP contribution in [0, 0.1) is 5.92 Å². The monoisotopic (exact) mass is 258 g/mol. The van der Waals surface area contributed by atoms with Crippen molar-refractivity contribution in [3.05, 3.63) is 0 Å². The highest BCUT2D eigenvalue weighted by Gasteiger charge is 2.27. The highest BCUT2D eigenvalue weighted by Crippen LogP contribution is 2.11. The van der Waals surface area contributed by atoms with Crippen LogP contribution in [-0.4, -0.2) is 54.4 Å². The molecule has 1 aliphatic rings. The van der Waals surface area contributed by atoms with E-state index in [9.17, 15) is 9.59 Å². The maximum Gasteiger partial charge on any atom is 0.326 e. The lowest BCUT2D eigenvalue weighted by Crippen LogP contribution is -2.50. The number of carboxylic acid groups (broad SMARTS) is 1. The number of aliphatic carboxylic acids is 1. The van der Waals surface area contributed by atoms with Gasteiger partial charge in [-0.05, 0) is 18.8 Å². The lowest BCUT2D eigenvalue weighted by atomic mass is 10.0. The van der Waals surface area contributed by atoms with Gasteiger partial charge in [0.15, 0.2) is 0 Å². The third-order valence-electron chi connectivity index (χ3n) is 3.08. The average Bonchev–Trinajstić information content (AvgIpc) is 2.79. The van der Waals surface area contributed by atoms with Gasteiger partial charge in [-0.15, -0.1) is 0 Å². The van der Waals surface area contributed by atoms with Crippen molar-refractivity contribution in [3.8, 4) is 0 Å². The first-order valence-corrected chi connectivity index (χ1v) is 6.25. The Labute approximate surface area is 107 Å². The zero-order valence-electron chi connectivity index (χ0n) is 11.2. The van der Waals surface area contributed by atoms with E-state index in [2.05, 4.69) is 5.32 Å². The number of rotatable bonds is 5. The molecule has 0 spiro atoms. The molecule has 2 amide bonds. The number of carbonyl (C=O) groups excluding carboxylic acids is 1. The van der Waals surface area contributed by atoms with Crippen LogP contribution in [0.2, 0.25) is 0 Å². The van der Waals surface area contributed by atoms with Gasteiger partial charge in [0.1, 0.15) is 6.04 Å². The van der Waals surface area contributed by atoms with Crippen LogP contribution in [0.4, 0.5) is 4.79 Å². The Morgan fingerprint density at radius 2 is 2.17 bits per heavy atom. The third kappa shape index (κ3) is 4.18. The predicted molar refractivity (Wildman–Crippen MR) is 66.4 cm³/mol. The van der Waals surface area contributed by atoms with Crippen LogP contribution in [0.3, 0.4) is 0 Å². The first-order chi connectivity index (χ1) is 8.41. The number of hydrogen-bond donors (Lipinski definition) is 2. The van der Waals surface area contributed by atoms with Crippen LogP contribution < -0.4 is 5.32 Å². The molecule has 1 rings (SSSR count). The third-order valence-corrected chi connectivity index (χ3v) is 3.08. The van der Waals surface area contributed by atoms with E-state index in [-0.39, 0.29) is 18.0 Å². The number of urea groups is 1. The average molecular weight is 258 g/mol. The van der Waals surface area contributed by atoms with Crippen molar-refractivity contribution in [1.82, 2.24) is 10.2 Å². The second kappa shape index (κ2) is 6.58. The van der Waals surface area contributed by atoms with Crippen molar-refractivity contribution in [1.29, 1.82) is 0 Å². The van der Waals surface area contributed by atoms with Gasteiger partial charge in [-0.2, -0.15) is 0 Å². The Kier molecular flexibility index (Phi) is 5.40. The molecule has 1 saturated heterocycles. The van der Waals surface area contributed by atoms with Crippen LogP contribution in [0.5, 0.6) is 0 Å².